The zero-order valence-electron chi connectivity index (χ0n) is 21.0. The van der Waals surface area contributed by atoms with Crippen molar-refractivity contribution in [2.75, 3.05) is 32.0 Å². The zero-order chi connectivity index (χ0) is 25.5. The van der Waals surface area contributed by atoms with Gasteiger partial charge in [-0.2, -0.15) is 0 Å². The number of fused-ring (bicyclic) bond motifs is 1. The number of halogens is 2. The molecule has 0 atom stereocenters. The van der Waals surface area contributed by atoms with E-state index >= 15 is 0 Å². The molecule has 4 rings (SSSR count). The summed E-state index contributed by atoms with van der Waals surface area (Å²) in [5.41, 5.74) is 3.21. The smallest absolute Gasteiger partial charge is 0.332 e. The molecule has 1 saturated heterocycles. The van der Waals surface area contributed by atoms with E-state index in [1.807, 2.05) is 22.8 Å². The third kappa shape index (κ3) is 6.37. The molecular weight excluding hydrogens is 478 g/mol. The largest absolute Gasteiger partial charge is 0.463 e. The van der Waals surface area contributed by atoms with Gasteiger partial charge in [0.1, 0.15) is 11.6 Å². The quantitative estimate of drug-likeness (QED) is 0.128. The second-order valence-electron chi connectivity index (χ2n) is 9.09. The summed E-state index contributed by atoms with van der Waals surface area (Å²) < 4.78 is 34.3. The summed E-state index contributed by atoms with van der Waals surface area (Å²) >= 11 is 1.77. The molecule has 7 heteroatoms. The van der Waals surface area contributed by atoms with Crippen LogP contribution in [0.5, 0.6) is 0 Å². The van der Waals surface area contributed by atoms with Gasteiger partial charge in [-0.05, 0) is 112 Å². The van der Waals surface area contributed by atoms with Gasteiger partial charge in [0, 0.05) is 28.3 Å². The van der Waals surface area contributed by atoms with Crippen molar-refractivity contribution >= 4 is 34.8 Å². The third-order valence-electron chi connectivity index (χ3n) is 6.79. The van der Waals surface area contributed by atoms with E-state index in [9.17, 15) is 13.6 Å². The number of nitrogens with zero attached hydrogens (tertiary/aromatic N) is 2. The maximum Gasteiger partial charge on any atom is 0.332 e. The van der Waals surface area contributed by atoms with Crippen LogP contribution in [0.4, 0.5) is 8.78 Å². The molecule has 0 spiro atoms. The van der Waals surface area contributed by atoms with Gasteiger partial charge in [-0.15, -0.1) is 11.8 Å². The second-order valence-corrected chi connectivity index (χ2v) is 10.3. The lowest BCUT2D eigenvalue weighted by Gasteiger charge is -2.32. The van der Waals surface area contributed by atoms with Gasteiger partial charge >= 0.3 is 5.97 Å². The summed E-state index contributed by atoms with van der Waals surface area (Å²) in [7, 11) is 0. The van der Waals surface area contributed by atoms with Crippen molar-refractivity contribution < 1.29 is 18.3 Å². The second kappa shape index (κ2) is 12.5. The van der Waals surface area contributed by atoms with Crippen LogP contribution in [0.2, 0.25) is 0 Å². The van der Waals surface area contributed by atoms with E-state index in [2.05, 4.69) is 11.8 Å². The molecule has 2 aromatic carbocycles. The number of hydrogen-bond acceptors (Lipinski definition) is 4. The number of ether oxygens (including phenoxy) is 1. The monoisotopic (exact) mass is 512 g/mol. The lowest BCUT2D eigenvalue weighted by molar-refractivity contribution is -0.137. The van der Waals surface area contributed by atoms with Crippen molar-refractivity contribution in [2.24, 2.45) is 0 Å². The van der Waals surface area contributed by atoms with Crippen LogP contribution < -0.4 is 0 Å². The lowest BCUT2D eigenvalue weighted by atomic mass is 9.87. The average molecular weight is 513 g/mol. The highest BCUT2D eigenvalue weighted by Gasteiger charge is 2.27. The highest BCUT2D eigenvalue weighted by atomic mass is 32.2. The molecule has 0 radical (unpaired) electrons. The molecule has 1 fully saturated rings. The molecule has 0 aliphatic carbocycles. The van der Waals surface area contributed by atoms with Crippen molar-refractivity contribution in [3.05, 3.63) is 71.4 Å². The molecule has 1 aliphatic heterocycles. The predicted octanol–water partition coefficient (Wildman–Crippen LogP) is 6.88. The Morgan fingerprint density at radius 3 is 2.50 bits per heavy atom. The van der Waals surface area contributed by atoms with Gasteiger partial charge in [-0.1, -0.05) is 6.92 Å². The minimum atomic E-state index is -0.398. The van der Waals surface area contributed by atoms with Crippen LogP contribution in [-0.2, 0) is 16.0 Å². The number of carbonyl (C=O) groups excluding carboxylic acids is 1. The normalized spacial score (nSPS) is 15.2. The SMILES string of the molecule is CCOC(=O)/C=C/n1c(CC)c(C2CCN(CCCSc3ccc(F)cc3)CC2)c2ccc(F)cc21. The number of piperidine rings is 1. The standard InChI is InChI=1S/C29H34F2N2O2S/c1-3-26-29(25-11-8-23(31)20-27(25)33(26)18-14-28(34)35-4-2)21-12-16-32(17-13-21)15-5-19-36-24-9-6-22(30)7-10-24/h6-11,14,18,20-21H,3-5,12-13,15-17,19H2,1-2H3/b18-14+. The van der Waals surface area contributed by atoms with Crippen molar-refractivity contribution in [2.45, 2.75) is 50.3 Å². The fraction of sp³-hybridized carbons (Fsp3) is 0.414. The summed E-state index contributed by atoms with van der Waals surface area (Å²) in [4.78, 5) is 15.6. The van der Waals surface area contributed by atoms with Crippen molar-refractivity contribution in [3.8, 4) is 0 Å². The maximum absolute atomic E-state index is 14.2. The van der Waals surface area contributed by atoms with Gasteiger partial charge in [0.2, 0.25) is 0 Å². The molecule has 0 saturated carbocycles. The maximum atomic E-state index is 14.2. The summed E-state index contributed by atoms with van der Waals surface area (Å²) in [6.07, 6.45) is 7.12. The van der Waals surface area contributed by atoms with Gasteiger partial charge in [-0.25, -0.2) is 13.6 Å². The summed E-state index contributed by atoms with van der Waals surface area (Å²) in [6.45, 7) is 7.31. The molecular formula is C29H34F2N2O2S. The van der Waals surface area contributed by atoms with Crippen molar-refractivity contribution in [1.29, 1.82) is 0 Å². The Morgan fingerprint density at radius 2 is 1.81 bits per heavy atom. The number of rotatable bonds is 10. The van der Waals surface area contributed by atoms with E-state index in [1.54, 1.807) is 31.0 Å². The van der Waals surface area contributed by atoms with Gasteiger partial charge in [0.25, 0.3) is 0 Å². The van der Waals surface area contributed by atoms with Crippen molar-refractivity contribution in [1.82, 2.24) is 9.47 Å². The van der Waals surface area contributed by atoms with E-state index in [0.717, 1.165) is 72.6 Å². The number of esters is 1. The van der Waals surface area contributed by atoms with Gasteiger partial charge < -0.3 is 14.2 Å². The summed E-state index contributed by atoms with van der Waals surface area (Å²) in [5.74, 6) is 0.530. The molecule has 1 aliphatic rings. The van der Waals surface area contributed by atoms with Gasteiger partial charge in [-0.3, -0.25) is 0 Å². The third-order valence-corrected chi connectivity index (χ3v) is 7.89. The van der Waals surface area contributed by atoms with E-state index in [4.69, 9.17) is 4.74 Å². The molecule has 3 aromatic rings. The number of aromatic nitrogens is 1. The van der Waals surface area contributed by atoms with Crippen molar-refractivity contribution in [3.63, 3.8) is 0 Å². The number of hydrogen-bond donors (Lipinski definition) is 0. The van der Waals surface area contributed by atoms with E-state index in [0.29, 0.717) is 12.5 Å². The van der Waals surface area contributed by atoms with Crippen LogP contribution in [0, 0.1) is 11.6 Å². The Bertz CT molecular complexity index is 1200. The Kier molecular flexibility index (Phi) is 9.21. The van der Waals surface area contributed by atoms with Crippen LogP contribution in [-0.4, -0.2) is 47.4 Å². The first-order valence-electron chi connectivity index (χ1n) is 12.8. The highest BCUT2D eigenvalue weighted by molar-refractivity contribution is 7.99. The van der Waals surface area contributed by atoms with Crippen LogP contribution in [0.3, 0.4) is 0 Å². The Morgan fingerprint density at radius 1 is 1.08 bits per heavy atom. The highest BCUT2D eigenvalue weighted by Crippen LogP contribution is 2.38. The minimum absolute atomic E-state index is 0.197. The summed E-state index contributed by atoms with van der Waals surface area (Å²) in [5, 5.41) is 1.07. The van der Waals surface area contributed by atoms with E-state index < -0.39 is 5.97 Å². The van der Waals surface area contributed by atoms with Crippen LogP contribution >= 0.6 is 11.8 Å². The summed E-state index contributed by atoms with van der Waals surface area (Å²) in [6, 6.07) is 11.7. The molecule has 1 aromatic heterocycles. The topological polar surface area (TPSA) is 34.5 Å². The van der Waals surface area contributed by atoms with Gasteiger partial charge in [0.15, 0.2) is 0 Å². The number of thioether (sulfide) groups is 1. The molecule has 0 N–H and O–H groups in total. The molecule has 2 heterocycles. The number of likely N-dealkylation sites (tertiary alicyclic amines) is 1. The fourth-order valence-corrected chi connectivity index (χ4v) is 5.97. The minimum Gasteiger partial charge on any atom is -0.463 e. The van der Waals surface area contributed by atoms with Crippen LogP contribution in [0.1, 0.15) is 50.3 Å². The predicted molar refractivity (Wildman–Crippen MR) is 143 cm³/mol. The molecule has 0 bridgehead atoms. The number of carbonyl (C=O) groups is 1. The average Bonchev–Trinajstić information content (AvgIpc) is 3.19. The lowest BCUT2D eigenvalue weighted by Crippen LogP contribution is -2.34. The fourth-order valence-electron chi connectivity index (χ4n) is 5.13. The zero-order valence-corrected chi connectivity index (χ0v) is 21.8. The Hall–Kier alpha value is -2.64. The van der Waals surface area contributed by atoms with Crippen LogP contribution in [0.25, 0.3) is 17.1 Å². The van der Waals surface area contributed by atoms with Gasteiger partial charge in [0.05, 0.1) is 12.1 Å². The van der Waals surface area contributed by atoms with Crippen LogP contribution in [0.15, 0.2) is 53.4 Å². The van der Waals surface area contributed by atoms with E-state index in [-0.39, 0.29) is 11.6 Å². The number of benzene rings is 2. The Balaban J connectivity index is 1.42. The molecule has 0 amide bonds. The molecule has 36 heavy (non-hydrogen) atoms. The first-order valence-corrected chi connectivity index (χ1v) is 13.8. The Labute approximate surface area is 216 Å². The van der Waals surface area contributed by atoms with E-state index in [1.165, 1.54) is 29.8 Å². The molecule has 0 unspecified atom stereocenters. The first kappa shape index (κ1) is 26.4. The molecule has 192 valence electrons. The molecule has 4 nitrogen and oxygen atoms in total. The first-order chi connectivity index (χ1) is 17.5.